The minimum atomic E-state index is -1.14. The smallest absolute Gasteiger partial charge is 0.329 e. The summed E-state index contributed by atoms with van der Waals surface area (Å²) in [6, 6.07) is 2.71. The maximum atomic E-state index is 11.9. The van der Waals surface area contributed by atoms with E-state index in [0.717, 1.165) is 0 Å². The SMILES string of the molecule is Nc1c(Cl)cc(C(=O)NC2(C(=O)O)CC2)cc1Cl. The number of nitrogen functional groups attached to an aromatic ring is 1. The number of amides is 1. The van der Waals surface area contributed by atoms with Crippen LogP contribution in [0.4, 0.5) is 5.69 Å². The van der Waals surface area contributed by atoms with Crippen molar-refractivity contribution in [3.05, 3.63) is 27.7 Å². The van der Waals surface area contributed by atoms with Gasteiger partial charge in [-0.25, -0.2) is 4.79 Å². The van der Waals surface area contributed by atoms with E-state index in [4.69, 9.17) is 34.0 Å². The number of carboxylic acid groups (broad SMARTS) is 1. The molecule has 0 aromatic heterocycles. The third kappa shape index (κ3) is 2.23. The van der Waals surface area contributed by atoms with Crippen LogP contribution < -0.4 is 11.1 Å². The summed E-state index contributed by atoms with van der Waals surface area (Å²) < 4.78 is 0. The number of nitrogens with two attached hydrogens (primary N) is 1. The third-order valence-corrected chi connectivity index (χ3v) is 3.48. The predicted octanol–water partition coefficient (Wildman–Crippen LogP) is 1.92. The molecule has 2 rings (SSSR count). The first kappa shape index (κ1) is 13.0. The number of hydrogen-bond acceptors (Lipinski definition) is 3. The predicted molar refractivity (Wildman–Crippen MR) is 67.9 cm³/mol. The van der Waals surface area contributed by atoms with Crippen molar-refractivity contribution >= 4 is 40.8 Å². The van der Waals surface area contributed by atoms with Gasteiger partial charge in [0.2, 0.25) is 0 Å². The average molecular weight is 289 g/mol. The van der Waals surface area contributed by atoms with E-state index < -0.39 is 17.4 Å². The van der Waals surface area contributed by atoms with Gasteiger partial charge in [0.05, 0.1) is 15.7 Å². The van der Waals surface area contributed by atoms with Gasteiger partial charge in [-0.1, -0.05) is 23.2 Å². The summed E-state index contributed by atoms with van der Waals surface area (Å²) in [7, 11) is 0. The standard InChI is InChI=1S/C11H10Cl2N2O3/c12-6-3-5(4-7(13)8(6)14)9(16)15-11(1-2-11)10(17)18/h3-4H,1-2,14H2,(H,15,16)(H,17,18). The highest BCUT2D eigenvalue weighted by Crippen LogP contribution is 2.36. The molecule has 0 atom stereocenters. The number of nitrogens with one attached hydrogen (secondary N) is 1. The van der Waals surface area contributed by atoms with Gasteiger partial charge in [0.15, 0.2) is 0 Å². The maximum Gasteiger partial charge on any atom is 0.329 e. The van der Waals surface area contributed by atoms with E-state index in [1.807, 2.05) is 0 Å². The third-order valence-electron chi connectivity index (χ3n) is 2.85. The van der Waals surface area contributed by atoms with E-state index in [1.54, 1.807) is 0 Å². The second-order valence-electron chi connectivity index (χ2n) is 4.19. The molecule has 1 amide bonds. The zero-order chi connectivity index (χ0) is 13.5. The van der Waals surface area contributed by atoms with Gasteiger partial charge < -0.3 is 16.2 Å². The van der Waals surface area contributed by atoms with Crippen LogP contribution >= 0.6 is 23.2 Å². The summed E-state index contributed by atoms with van der Waals surface area (Å²) in [5.41, 5.74) is 4.78. The topological polar surface area (TPSA) is 92.4 Å². The van der Waals surface area contributed by atoms with Crippen molar-refractivity contribution in [1.29, 1.82) is 0 Å². The van der Waals surface area contributed by atoms with Crippen molar-refractivity contribution in [2.75, 3.05) is 5.73 Å². The molecule has 1 fully saturated rings. The van der Waals surface area contributed by atoms with Crippen molar-refractivity contribution < 1.29 is 14.7 Å². The summed E-state index contributed by atoms with van der Waals surface area (Å²) in [6.07, 6.45) is 0.842. The highest BCUT2D eigenvalue weighted by molar-refractivity contribution is 6.39. The van der Waals surface area contributed by atoms with Crippen molar-refractivity contribution in [3.63, 3.8) is 0 Å². The Morgan fingerprint density at radius 3 is 2.17 bits per heavy atom. The number of anilines is 1. The Morgan fingerprint density at radius 1 is 1.28 bits per heavy atom. The minimum Gasteiger partial charge on any atom is -0.480 e. The molecule has 0 aliphatic heterocycles. The van der Waals surface area contributed by atoms with E-state index in [-0.39, 0.29) is 21.3 Å². The van der Waals surface area contributed by atoms with Gasteiger partial charge in [-0.3, -0.25) is 4.79 Å². The molecule has 1 aromatic carbocycles. The molecule has 0 saturated heterocycles. The largest absolute Gasteiger partial charge is 0.480 e. The van der Waals surface area contributed by atoms with Crippen molar-refractivity contribution in [3.8, 4) is 0 Å². The van der Waals surface area contributed by atoms with Gasteiger partial charge in [-0.15, -0.1) is 0 Å². The molecule has 1 aromatic rings. The van der Waals surface area contributed by atoms with E-state index in [1.165, 1.54) is 12.1 Å². The first-order chi connectivity index (χ1) is 8.35. The molecule has 0 heterocycles. The Labute approximate surface area is 113 Å². The van der Waals surface area contributed by atoms with Crippen LogP contribution in [0.3, 0.4) is 0 Å². The first-order valence-electron chi connectivity index (χ1n) is 5.16. The van der Waals surface area contributed by atoms with Crippen LogP contribution in [0, 0.1) is 0 Å². The normalized spacial score (nSPS) is 16.1. The van der Waals surface area contributed by atoms with Crippen molar-refractivity contribution in [2.45, 2.75) is 18.4 Å². The van der Waals surface area contributed by atoms with E-state index in [0.29, 0.717) is 12.8 Å². The van der Waals surface area contributed by atoms with Crippen molar-refractivity contribution in [2.24, 2.45) is 0 Å². The van der Waals surface area contributed by atoms with Gasteiger partial charge >= 0.3 is 5.97 Å². The Morgan fingerprint density at radius 2 is 1.78 bits per heavy atom. The molecule has 18 heavy (non-hydrogen) atoms. The Hall–Kier alpha value is -1.46. The number of benzene rings is 1. The lowest BCUT2D eigenvalue weighted by Gasteiger charge is -2.13. The monoisotopic (exact) mass is 288 g/mol. The summed E-state index contributed by atoms with van der Waals surface area (Å²) in [4.78, 5) is 22.8. The van der Waals surface area contributed by atoms with Gasteiger partial charge in [-0.05, 0) is 25.0 Å². The second-order valence-corrected chi connectivity index (χ2v) is 5.01. The number of aliphatic carboxylic acids is 1. The van der Waals surface area contributed by atoms with Crippen LogP contribution in [0.2, 0.25) is 10.0 Å². The number of halogens is 2. The lowest BCUT2D eigenvalue weighted by Crippen LogP contribution is -2.43. The molecular formula is C11H10Cl2N2O3. The molecule has 0 unspecified atom stereocenters. The average Bonchev–Trinajstić information content (AvgIpc) is 3.06. The summed E-state index contributed by atoms with van der Waals surface area (Å²) in [5, 5.41) is 11.7. The van der Waals surface area contributed by atoms with Crippen LogP contribution in [0.1, 0.15) is 23.2 Å². The molecule has 7 heteroatoms. The Bertz CT molecular complexity index is 518. The van der Waals surface area contributed by atoms with Crippen LogP contribution in [0.5, 0.6) is 0 Å². The Balaban J connectivity index is 2.22. The fourth-order valence-electron chi connectivity index (χ4n) is 1.52. The quantitative estimate of drug-likeness (QED) is 0.741. The first-order valence-corrected chi connectivity index (χ1v) is 5.92. The minimum absolute atomic E-state index is 0.160. The molecule has 1 aliphatic carbocycles. The molecule has 0 radical (unpaired) electrons. The lowest BCUT2D eigenvalue weighted by atomic mass is 10.1. The molecule has 4 N–H and O–H groups in total. The van der Waals surface area contributed by atoms with Crippen LogP contribution in [-0.4, -0.2) is 22.5 Å². The molecular weight excluding hydrogens is 279 g/mol. The van der Waals surface area contributed by atoms with Crippen LogP contribution in [0.15, 0.2) is 12.1 Å². The van der Waals surface area contributed by atoms with Gasteiger partial charge in [0.1, 0.15) is 5.54 Å². The molecule has 0 bridgehead atoms. The van der Waals surface area contributed by atoms with Gasteiger partial charge in [-0.2, -0.15) is 0 Å². The van der Waals surface area contributed by atoms with Gasteiger partial charge in [0.25, 0.3) is 5.91 Å². The van der Waals surface area contributed by atoms with Crippen LogP contribution in [-0.2, 0) is 4.79 Å². The molecule has 1 saturated carbocycles. The molecule has 5 nitrogen and oxygen atoms in total. The lowest BCUT2D eigenvalue weighted by molar-refractivity contribution is -0.140. The summed E-state index contributed by atoms with van der Waals surface area (Å²) in [5.74, 6) is -1.57. The maximum absolute atomic E-state index is 11.9. The highest BCUT2D eigenvalue weighted by Gasteiger charge is 2.51. The number of hydrogen-bond donors (Lipinski definition) is 3. The number of rotatable bonds is 3. The zero-order valence-corrected chi connectivity index (χ0v) is 10.7. The zero-order valence-electron chi connectivity index (χ0n) is 9.17. The number of carbonyl (C=O) groups excluding carboxylic acids is 1. The molecule has 1 aliphatic rings. The second kappa shape index (κ2) is 4.33. The van der Waals surface area contributed by atoms with Crippen LogP contribution in [0.25, 0.3) is 0 Å². The fraction of sp³-hybridized carbons (Fsp3) is 0.273. The number of carboxylic acids is 1. The number of carbonyl (C=O) groups is 2. The van der Waals surface area contributed by atoms with E-state index in [2.05, 4.69) is 5.32 Å². The summed E-state index contributed by atoms with van der Waals surface area (Å²) in [6.45, 7) is 0. The molecule has 96 valence electrons. The molecule has 0 spiro atoms. The van der Waals surface area contributed by atoms with Gasteiger partial charge in [0, 0.05) is 5.56 Å². The highest BCUT2D eigenvalue weighted by atomic mass is 35.5. The van der Waals surface area contributed by atoms with Crippen molar-refractivity contribution in [1.82, 2.24) is 5.32 Å². The Kier molecular flexibility index (Phi) is 3.12. The summed E-state index contributed by atoms with van der Waals surface area (Å²) >= 11 is 11.6. The van der Waals surface area contributed by atoms with E-state index in [9.17, 15) is 9.59 Å². The van der Waals surface area contributed by atoms with E-state index >= 15 is 0 Å². The fourth-order valence-corrected chi connectivity index (χ4v) is 2.01.